The minimum atomic E-state index is -0.674. The summed E-state index contributed by atoms with van der Waals surface area (Å²) in [6.07, 6.45) is 0.912. The van der Waals surface area contributed by atoms with E-state index in [2.05, 4.69) is 5.32 Å². The zero-order chi connectivity index (χ0) is 22.1. The van der Waals surface area contributed by atoms with Crippen LogP contribution in [0.25, 0.3) is 0 Å². The Morgan fingerprint density at radius 3 is 2.23 bits per heavy atom. The van der Waals surface area contributed by atoms with Gasteiger partial charge in [0.15, 0.2) is 5.78 Å². The van der Waals surface area contributed by atoms with E-state index >= 15 is 0 Å². The number of halogens is 2. The molecule has 1 atom stereocenters. The molecule has 164 valence electrons. The van der Waals surface area contributed by atoms with E-state index in [4.69, 9.17) is 4.74 Å². The van der Waals surface area contributed by atoms with Crippen LogP contribution in [-0.4, -0.2) is 47.3 Å². The van der Waals surface area contributed by atoms with Crippen LogP contribution in [0.3, 0.4) is 0 Å². The highest BCUT2D eigenvalue weighted by molar-refractivity contribution is 6.04. The van der Waals surface area contributed by atoms with E-state index in [1.165, 1.54) is 12.1 Å². The largest absolute Gasteiger partial charge is 0.444 e. The van der Waals surface area contributed by atoms with Gasteiger partial charge in [-0.15, -0.1) is 0 Å². The molecule has 0 bridgehead atoms. The van der Waals surface area contributed by atoms with Gasteiger partial charge in [0.2, 0.25) is 0 Å². The summed E-state index contributed by atoms with van der Waals surface area (Å²) in [6, 6.07) is 1.79. The third kappa shape index (κ3) is 5.34. The molecule has 3 rings (SSSR count). The van der Waals surface area contributed by atoms with Crippen molar-refractivity contribution in [1.82, 2.24) is 4.90 Å². The summed E-state index contributed by atoms with van der Waals surface area (Å²) in [7, 11) is 0. The van der Waals surface area contributed by atoms with E-state index in [9.17, 15) is 23.2 Å². The maximum atomic E-state index is 14.8. The molecule has 1 N–H and O–H groups in total. The normalized spacial score (nSPS) is 21.0. The molecule has 1 aliphatic carbocycles. The lowest BCUT2D eigenvalue weighted by Crippen LogP contribution is -2.41. The summed E-state index contributed by atoms with van der Waals surface area (Å²) < 4.78 is 34.9. The van der Waals surface area contributed by atoms with Crippen molar-refractivity contribution in [2.75, 3.05) is 18.4 Å². The SMILES string of the molecule is CC(C)(C)OC(=O)N1CCC(c2c(F)cc(NC3CCC(=O)CC3=O)cc2F)CC1. The first-order chi connectivity index (χ1) is 14.0. The first-order valence-corrected chi connectivity index (χ1v) is 10.3. The number of Topliss-reactive ketones (excluding diaryl/α,β-unsaturated/α-hetero) is 2. The molecule has 1 heterocycles. The molecule has 2 fully saturated rings. The maximum Gasteiger partial charge on any atom is 0.410 e. The highest BCUT2D eigenvalue weighted by atomic mass is 19.1. The predicted octanol–water partition coefficient (Wildman–Crippen LogP) is 4.18. The topological polar surface area (TPSA) is 75.7 Å². The van der Waals surface area contributed by atoms with Gasteiger partial charge in [0, 0.05) is 30.8 Å². The molecule has 1 amide bonds. The summed E-state index contributed by atoms with van der Waals surface area (Å²) in [6.45, 7) is 6.09. The minimum absolute atomic E-state index is 0.00883. The number of amides is 1. The fraction of sp³-hybridized carbons (Fsp3) is 0.591. The van der Waals surface area contributed by atoms with Gasteiger partial charge in [-0.05, 0) is 58.1 Å². The fourth-order valence-electron chi connectivity index (χ4n) is 3.96. The van der Waals surface area contributed by atoms with E-state index in [1.807, 2.05) is 0 Å². The van der Waals surface area contributed by atoms with Crippen LogP contribution >= 0.6 is 0 Å². The molecular formula is C22H28F2N2O4. The number of ketones is 2. The Balaban J connectivity index is 1.64. The smallest absolute Gasteiger partial charge is 0.410 e. The van der Waals surface area contributed by atoms with Crippen LogP contribution < -0.4 is 5.32 Å². The number of carbonyl (C=O) groups is 3. The van der Waals surface area contributed by atoms with E-state index < -0.39 is 29.4 Å². The van der Waals surface area contributed by atoms with Gasteiger partial charge in [-0.25, -0.2) is 13.6 Å². The van der Waals surface area contributed by atoms with Gasteiger partial charge >= 0.3 is 6.09 Å². The Hall–Kier alpha value is -2.51. The van der Waals surface area contributed by atoms with Crippen molar-refractivity contribution in [1.29, 1.82) is 0 Å². The highest BCUT2D eigenvalue weighted by Crippen LogP contribution is 2.34. The zero-order valence-electron chi connectivity index (χ0n) is 17.6. The second-order valence-corrected chi connectivity index (χ2v) is 9.01. The molecule has 0 radical (unpaired) electrons. The van der Waals surface area contributed by atoms with Crippen molar-refractivity contribution in [3.63, 3.8) is 0 Å². The van der Waals surface area contributed by atoms with Gasteiger partial charge in [-0.2, -0.15) is 0 Å². The Labute approximate surface area is 174 Å². The molecule has 6 nitrogen and oxygen atoms in total. The number of likely N-dealkylation sites (tertiary alicyclic amines) is 1. The monoisotopic (exact) mass is 422 g/mol. The molecule has 1 saturated carbocycles. The number of piperidine rings is 1. The number of nitrogens with zero attached hydrogens (tertiary/aromatic N) is 1. The Kier molecular flexibility index (Phi) is 6.43. The molecule has 1 saturated heterocycles. The lowest BCUT2D eigenvalue weighted by Gasteiger charge is -2.34. The van der Waals surface area contributed by atoms with Crippen molar-refractivity contribution in [3.05, 3.63) is 29.3 Å². The molecule has 1 aromatic rings. The average Bonchev–Trinajstić information content (AvgIpc) is 2.63. The standard InChI is InChI=1S/C22H28F2N2O4/c1-22(2,3)30-21(29)26-8-6-13(7-9-26)20-16(23)10-14(11-17(20)24)25-18-5-4-15(27)12-19(18)28/h10-11,13,18,25H,4-9,12H2,1-3H3. The number of hydrogen-bond acceptors (Lipinski definition) is 5. The third-order valence-corrected chi connectivity index (χ3v) is 5.45. The number of rotatable bonds is 3. The fourth-order valence-corrected chi connectivity index (χ4v) is 3.96. The molecular weight excluding hydrogens is 394 g/mol. The molecule has 1 unspecified atom stereocenters. The molecule has 0 spiro atoms. The molecule has 2 aliphatic rings. The van der Waals surface area contributed by atoms with Crippen LogP contribution in [0.2, 0.25) is 0 Å². The van der Waals surface area contributed by atoms with Gasteiger partial charge in [0.1, 0.15) is 23.0 Å². The van der Waals surface area contributed by atoms with E-state index in [0.29, 0.717) is 32.4 Å². The second-order valence-electron chi connectivity index (χ2n) is 9.01. The van der Waals surface area contributed by atoms with Crippen molar-refractivity contribution in [2.24, 2.45) is 0 Å². The maximum absolute atomic E-state index is 14.8. The van der Waals surface area contributed by atoms with Crippen LogP contribution in [0.4, 0.5) is 19.3 Å². The van der Waals surface area contributed by atoms with Crippen molar-refractivity contribution in [2.45, 2.75) is 70.4 Å². The number of nitrogens with one attached hydrogen (secondary N) is 1. The van der Waals surface area contributed by atoms with Crippen LogP contribution in [0.15, 0.2) is 12.1 Å². The molecule has 8 heteroatoms. The number of anilines is 1. The zero-order valence-corrected chi connectivity index (χ0v) is 17.6. The summed E-state index contributed by atoms with van der Waals surface area (Å²) in [5.74, 6) is -2.05. The average molecular weight is 422 g/mol. The Bertz CT molecular complexity index is 819. The molecule has 30 heavy (non-hydrogen) atoms. The highest BCUT2D eigenvalue weighted by Gasteiger charge is 2.31. The number of hydrogen-bond donors (Lipinski definition) is 1. The summed E-state index contributed by atoms with van der Waals surface area (Å²) in [4.78, 5) is 37.0. The second kappa shape index (κ2) is 8.70. The Morgan fingerprint density at radius 2 is 1.70 bits per heavy atom. The van der Waals surface area contributed by atoms with Gasteiger partial charge < -0.3 is 15.0 Å². The van der Waals surface area contributed by atoms with Crippen LogP contribution in [0, 0.1) is 11.6 Å². The van der Waals surface area contributed by atoms with Gasteiger partial charge in [-0.3, -0.25) is 9.59 Å². The lowest BCUT2D eigenvalue weighted by atomic mass is 9.88. The number of ether oxygens (including phenoxy) is 1. The molecule has 1 aliphatic heterocycles. The summed E-state index contributed by atoms with van der Waals surface area (Å²) >= 11 is 0. The quantitative estimate of drug-likeness (QED) is 0.740. The first kappa shape index (κ1) is 22.2. The van der Waals surface area contributed by atoms with Crippen molar-refractivity contribution < 1.29 is 27.9 Å². The van der Waals surface area contributed by atoms with Gasteiger partial charge in [0.25, 0.3) is 0 Å². The summed E-state index contributed by atoms with van der Waals surface area (Å²) in [5, 5.41) is 2.86. The van der Waals surface area contributed by atoms with Crippen molar-refractivity contribution in [3.8, 4) is 0 Å². The predicted molar refractivity (Wildman–Crippen MR) is 107 cm³/mol. The van der Waals surface area contributed by atoms with Crippen LogP contribution in [0.1, 0.15) is 64.4 Å². The van der Waals surface area contributed by atoms with E-state index in [-0.39, 0.29) is 41.6 Å². The van der Waals surface area contributed by atoms with E-state index in [1.54, 1.807) is 25.7 Å². The number of benzene rings is 1. The Morgan fingerprint density at radius 1 is 1.10 bits per heavy atom. The van der Waals surface area contributed by atoms with Gasteiger partial charge in [0.05, 0.1) is 12.5 Å². The van der Waals surface area contributed by atoms with Gasteiger partial charge in [-0.1, -0.05) is 0 Å². The molecule has 0 aromatic heterocycles. The third-order valence-electron chi connectivity index (χ3n) is 5.45. The lowest BCUT2D eigenvalue weighted by molar-refractivity contribution is -0.130. The summed E-state index contributed by atoms with van der Waals surface area (Å²) in [5.41, 5.74) is -0.399. The van der Waals surface area contributed by atoms with Crippen LogP contribution in [0.5, 0.6) is 0 Å². The molecule has 1 aromatic carbocycles. The minimum Gasteiger partial charge on any atom is -0.444 e. The first-order valence-electron chi connectivity index (χ1n) is 10.3. The van der Waals surface area contributed by atoms with Crippen molar-refractivity contribution >= 4 is 23.3 Å². The number of carbonyl (C=O) groups excluding carboxylic acids is 3. The van der Waals surface area contributed by atoms with E-state index in [0.717, 1.165) is 0 Å². The van der Waals surface area contributed by atoms with Crippen LogP contribution in [-0.2, 0) is 14.3 Å².